The number of rotatable bonds is 3. The first-order valence-corrected chi connectivity index (χ1v) is 6.17. The molecule has 1 fully saturated rings. The highest BCUT2D eigenvalue weighted by Gasteiger charge is 2.20. The third kappa shape index (κ3) is 2.66. The molecule has 0 amide bonds. The van der Waals surface area contributed by atoms with Gasteiger partial charge in [0.05, 0.1) is 12.2 Å². The molecule has 1 aromatic rings. The highest BCUT2D eigenvalue weighted by atomic mass is 16.5. The molecule has 2 rings (SSSR count). The van der Waals surface area contributed by atoms with Gasteiger partial charge in [0.15, 0.2) is 0 Å². The van der Waals surface area contributed by atoms with Gasteiger partial charge in [-0.2, -0.15) is 0 Å². The second-order valence-electron chi connectivity index (χ2n) is 4.41. The zero-order valence-corrected chi connectivity index (χ0v) is 10.5. The Morgan fingerprint density at radius 3 is 3.06 bits per heavy atom. The van der Waals surface area contributed by atoms with Crippen molar-refractivity contribution in [3.05, 3.63) is 11.9 Å². The number of hydrogen-bond acceptors (Lipinski definition) is 5. The Morgan fingerprint density at radius 1 is 1.53 bits per heavy atom. The molecule has 0 radical (unpaired) electrons. The fraction of sp³-hybridized carbons (Fsp3) is 0.667. The summed E-state index contributed by atoms with van der Waals surface area (Å²) in [6.45, 7) is 6.45. The lowest BCUT2D eigenvalue weighted by molar-refractivity contribution is 0.323. The lowest BCUT2D eigenvalue weighted by atomic mass is 10.1. The van der Waals surface area contributed by atoms with E-state index in [1.54, 1.807) is 6.33 Å². The Kier molecular flexibility index (Phi) is 3.78. The zero-order valence-electron chi connectivity index (χ0n) is 10.5. The van der Waals surface area contributed by atoms with E-state index in [4.69, 9.17) is 10.5 Å². The van der Waals surface area contributed by atoms with Crippen LogP contribution >= 0.6 is 0 Å². The Morgan fingerprint density at radius 2 is 2.35 bits per heavy atom. The van der Waals surface area contributed by atoms with Crippen molar-refractivity contribution in [3.63, 3.8) is 0 Å². The maximum absolute atomic E-state index is 5.99. The topological polar surface area (TPSA) is 64.3 Å². The van der Waals surface area contributed by atoms with Crippen LogP contribution in [0.15, 0.2) is 6.33 Å². The summed E-state index contributed by atoms with van der Waals surface area (Å²) in [5.74, 6) is 1.63. The van der Waals surface area contributed by atoms with Crippen LogP contribution in [-0.4, -0.2) is 35.7 Å². The van der Waals surface area contributed by atoms with Gasteiger partial charge < -0.3 is 15.4 Å². The predicted octanol–water partition coefficient (Wildman–Crippen LogP) is 1.11. The maximum Gasteiger partial charge on any atom is 0.221 e. The number of ether oxygens (including phenoxy) is 1. The van der Waals surface area contributed by atoms with Crippen molar-refractivity contribution < 1.29 is 4.74 Å². The van der Waals surface area contributed by atoms with Crippen LogP contribution in [0.4, 0.5) is 5.82 Å². The Balaban J connectivity index is 2.22. The first-order chi connectivity index (χ1) is 8.22. The van der Waals surface area contributed by atoms with E-state index in [0.717, 1.165) is 37.3 Å². The van der Waals surface area contributed by atoms with Gasteiger partial charge in [-0.05, 0) is 26.7 Å². The standard InChI is InChI=1S/C12H20N4O/c1-3-17-12-9(2)11(14-8-15-12)16-6-4-5-10(13)7-16/h8,10H,3-7,13H2,1-2H3/t10-/m1/s1. The molecule has 0 aliphatic carbocycles. The van der Waals surface area contributed by atoms with Crippen molar-refractivity contribution in [2.45, 2.75) is 32.7 Å². The fourth-order valence-electron chi connectivity index (χ4n) is 2.23. The van der Waals surface area contributed by atoms with Crippen molar-refractivity contribution in [1.29, 1.82) is 0 Å². The quantitative estimate of drug-likeness (QED) is 0.851. The molecule has 2 N–H and O–H groups in total. The predicted molar refractivity (Wildman–Crippen MR) is 67.4 cm³/mol. The van der Waals surface area contributed by atoms with E-state index < -0.39 is 0 Å². The van der Waals surface area contributed by atoms with Crippen LogP contribution < -0.4 is 15.4 Å². The van der Waals surface area contributed by atoms with Crippen molar-refractivity contribution >= 4 is 5.82 Å². The molecule has 0 bridgehead atoms. The van der Waals surface area contributed by atoms with Crippen LogP contribution in [0.2, 0.25) is 0 Å². The summed E-state index contributed by atoms with van der Waals surface area (Å²) < 4.78 is 5.49. The number of hydrogen-bond donors (Lipinski definition) is 1. The summed E-state index contributed by atoms with van der Waals surface area (Å²) in [5.41, 5.74) is 7.00. The zero-order chi connectivity index (χ0) is 12.3. The van der Waals surface area contributed by atoms with Crippen LogP contribution in [0.1, 0.15) is 25.3 Å². The maximum atomic E-state index is 5.99. The molecule has 5 heteroatoms. The minimum Gasteiger partial charge on any atom is -0.478 e. The van der Waals surface area contributed by atoms with E-state index in [1.807, 2.05) is 13.8 Å². The smallest absolute Gasteiger partial charge is 0.221 e. The summed E-state index contributed by atoms with van der Waals surface area (Å²) >= 11 is 0. The highest BCUT2D eigenvalue weighted by molar-refractivity contribution is 5.50. The highest BCUT2D eigenvalue weighted by Crippen LogP contribution is 2.25. The van der Waals surface area contributed by atoms with E-state index in [9.17, 15) is 0 Å². The molecular formula is C12H20N4O. The molecule has 94 valence electrons. The largest absolute Gasteiger partial charge is 0.478 e. The second kappa shape index (κ2) is 5.31. The van der Waals surface area contributed by atoms with E-state index in [-0.39, 0.29) is 6.04 Å². The normalized spacial score (nSPS) is 20.4. The van der Waals surface area contributed by atoms with E-state index in [1.165, 1.54) is 0 Å². The van der Waals surface area contributed by atoms with Crippen LogP contribution in [0, 0.1) is 6.92 Å². The van der Waals surface area contributed by atoms with Crippen LogP contribution in [0.5, 0.6) is 5.88 Å². The lowest BCUT2D eigenvalue weighted by Gasteiger charge is -2.32. The van der Waals surface area contributed by atoms with E-state index >= 15 is 0 Å². The molecule has 1 saturated heterocycles. The van der Waals surface area contributed by atoms with Crippen LogP contribution in [0.3, 0.4) is 0 Å². The number of nitrogens with two attached hydrogens (primary N) is 1. The first-order valence-electron chi connectivity index (χ1n) is 6.17. The molecule has 5 nitrogen and oxygen atoms in total. The van der Waals surface area contributed by atoms with Crippen molar-refractivity contribution in [2.24, 2.45) is 5.73 Å². The Bertz CT molecular complexity index is 383. The summed E-state index contributed by atoms with van der Waals surface area (Å²) in [4.78, 5) is 10.7. The van der Waals surface area contributed by atoms with Crippen molar-refractivity contribution in [1.82, 2.24) is 9.97 Å². The molecule has 0 saturated carbocycles. The lowest BCUT2D eigenvalue weighted by Crippen LogP contribution is -2.43. The Hall–Kier alpha value is -1.36. The van der Waals surface area contributed by atoms with Gasteiger partial charge in [0.1, 0.15) is 12.1 Å². The molecule has 0 spiro atoms. The number of piperidine rings is 1. The van der Waals surface area contributed by atoms with Gasteiger partial charge in [0.2, 0.25) is 5.88 Å². The molecule has 0 unspecified atom stereocenters. The van der Waals surface area contributed by atoms with Gasteiger partial charge in [-0.15, -0.1) is 0 Å². The summed E-state index contributed by atoms with van der Waals surface area (Å²) in [5, 5.41) is 0. The molecule has 1 aliphatic heterocycles. The molecule has 1 aromatic heterocycles. The van der Waals surface area contributed by atoms with Crippen molar-refractivity contribution in [2.75, 3.05) is 24.6 Å². The summed E-state index contributed by atoms with van der Waals surface area (Å²) in [6, 6.07) is 0.244. The minimum atomic E-state index is 0.244. The van der Waals surface area contributed by atoms with Crippen LogP contribution in [0.25, 0.3) is 0 Å². The third-order valence-corrected chi connectivity index (χ3v) is 3.05. The average molecular weight is 236 g/mol. The van der Waals surface area contributed by atoms with Gasteiger partial charge in [0, 0.05) is 19.1 Å². The van der Waals surface area contributed by atoms with Gasteiger partial charge in [-0.25, -0.2) is 9.97 Å². The third-order valence-electron chi connectivity index (χ3n) is 3.05. The molecule has 17 heavy (non-hydrogen) atoms. The summed E-state index contributed by atoms with van der Waals surface area (Å²) in [7, 11) is 0. The van der Waals surface area contributed by atoms with Gasteiger partial charge in [-0.3, -0.25) is 0 Å². The number of nitrogens with zero attached hydrogens (tertiary/aromatic N) is 3. The van der Waals surface area contributed by atoms with E-state index in [0.29, 0.717) is 12.5 Å². The molecule has 1 atom stereocenters. The minimum absolute atomic E-state index is 0.244. The van der Waals surface area contributed by atoms with E-state index in [2.05, 4.69) is 14.9 Å². The van der Waals surface area contributed by atoms with Crippen molar-refractivity contribution in [3.8, 4) is 5.88 Å². The molecule has 2 heterocycles. The number of anilines is 1. The fourth-order valence-corrected chi connectivity index (χ4v) is 2.23. The average Bonchev–Trinajstić information content (AvgIpc) is 2.32. The van der Waals surface area contributed by atoms with Gasteiger partial charge in [0.25, 0.3) is 0 Å². The Labute approximate surface area is 102 Å². The monoisotopic (exact) mass is 236 g/mol. The molecular weight excluding hydrogens is 216 g/mol. The molecule has 0 aromatic carbocycles. The summed E-state index contributed by atoms with van der Waals surface area (Å²) in [6.07, 6.45) is 3.78. The SMILES string of the molecule is CCOc1ncnc(N2CCC[C@@H](N)C2)c1C. The van der Waals surface area contributed by atoms with Gasteiger partial charge >= 0.3 is 0 Å². The molecule has 1 aliphatic rings. The first kappa shape index (κ1) is 12.1. The number of aromatic nitrogens is 2. The second-order valence-corrected chi connectivity index (χ2v) is 4.41. The van der Waals surface area contributed by atoms with Crippen LogP contribution in [-0.2, 0) is 0 Å². The van der Waals surface area contributed by atoms with Gasteiger partial charge in [-0.1, -0.05) is 0 Å².